The Labute approximate surface area is 187 Å². The topological polar surface area (TPSA) is 39.9 Å². The van der Waals surface area contributed by atoms with Crippen molar-refractivity contribution in [1.82, 2.24) is 14.8 Å². The van der Waals surface area contributed by atoms with E-state index in [1.807, 2.05) is 48.5 Å². The van der Waals surface area contributed by atoms with E-state index >= 15 is 0 Å². The first-order valence-corrected chi connectivity index (χ1v) is 11.4. The summed E-state index contributed by atoms with van der Waals surface area (Å²) in [5, 5.41) is 5.32. The molecule has 4 nitrogen and oxygen atoms in total. The molecule has 0 aliphatic rings. The Morgan fingerprint density at radius 3 is 2.41 bits per heavy atom. The van der Waals surface area contributed by atoms with Gasteiger partial charge in [0.15, 0.2) is 8.29 Å². The van der Waals surface area contributed by atoms with Gasteiger partial charge in [-0.05, 0) is 71.9 Å². The minimum atomic E-state index is 0.530. The molecule has 29 heavy (non-hydrogen) atoms. The largest absolute Gasteiger partial charge is 0.489 e. The molecule has 0 aliphatic heterocycles. The zero-order chi connectivity index (χ0) is 20.1. The summed E-state index contributed by atoms with van der Waals surface area (Å²) in [4.78, 5) is 4.01. The monoisotopic (exact) mass is 457 g/mol. The van der Waals surface area contributed by atoms with Crippen LogP contribution in [0.2, 0.25) is 5.02 Å². The highest BCUT2D eigenvalue weighted by Gasteiger charge is 2.07. The molecule has 0 atom stereocenters. The number of rotatable bonds is 7. The molecule has 0 radical (unpaired) electrons. The third kappa shape index (κ3) is 5.45. The molecule has 0 aliphatic carbocycles. The molecular weight excluding hydrogens is 442 g/mol. The Hall–Kier alpha value is -2.19. The number of aromatic nitrogens is 3. The normalized spacial score (nSPS) is 10.8. The van der Waals surface area contributed by atoms with E-state index in [0.717, 1.165) is 31.0 Å². The van der Waals surface area contributed by atoms with Crippen molar-refractivity contribution in [3.05, 3.63) is 93.2 Å². The Bertz CT molecular complexity index is 1130. The van der Waals surface area contributed by atoms with Crippen LogP contribution in [0.5, 0.6) is 5.75 Å². The molecule has 2 heterocycles. The Morgan fingerprint density at radius 2 is 1.69 bits per heavy atom. The molecule has 0 saturated carbocycles. The summed E-state index contributed by atoms with van der Waals surface area (Å²) in [5.74, 6) is 1.66. The Balaban J connectivity index is 1.35. The van der Waals surface area contributed by atoms with Crippen LogP contribution in [0.15, 0.2) is 77.4 Å². The van der Waals surface area contributed by atoms with Gasteiger partial charge in [-0.15, -0.1) is 5.10 Å². The number of hydrogen-bond acceptors (Lipinski definition) is 6. The Morgan fingerprint density at radius 1 is 0.966 bits per heavy atom. The van der Waals surface area contributed by atoms with Crippen LogP contribution in [0, 0.1) is 3.95 Å². The first-order chi connectivity index (χ1) is 14.2. The van der Waals surface area contributed by atoms with Crippen molar-refractivity contribution in [2.75, 3.05) is 0 Å². The molecule has 4 aromatic rings. The van der Waals surface area contributed by atoms with Crippen LogP contribution < -0.4 is 4.74 Å². The molecule has 0 unspecified atom stereocenters. The summed E-state index contributed by atoms with van der Waals surface area (Å²) in [7, 11) is 0. The summed E-state index contributed by atoms with van der Waals surface area (Å²) in [6, 6.07) is 19.5. The van der Waals surface area contributed by atoms with Crippen LogP contribution in [-0.4, -0.2) is 14.8 Å². The second-order valence-electron chi connectivity index (χ2n) is 6.10. The van der Waals surface area contributed by atoms with E-state index in [4.69, 9.17) is 28.6 Å². The van der Waals surface area contributed by atoms with Gasteiger partial charge in [0.2, 0.25) is 0 Å². The van der Waals surface area contributed by atoms with E-state index in [9.17, 15) is 0 Å². The zero-order valence-electron chi connectivity index (χ0n) is 15.2. The average molecular weight is 458 g/mol. The lowest BCUT2D eigenvalue weighted by Gasteiger charge is -2.07. The van der Waals surface area contributed by atoms with Gasteiger partial charge in [-0.25, -0.2) is 4.68 Å². The zero-order valence-corrected chi connectivity index (χ0v) is 18.4. The highest BCUT2D eigenvalue weighted by molar-refractivity contribution is 8.00. The SMILES string of the molecule is S=c1sc(SCc2ccc(OCc3ccncc3)cc2)nn1-c1ccc(Cl)cc1. The van der Waals surface area contributed by atoms with Crippen molar-refractivity contribution in [1.29, 1.82) is 0 Å². The van der Waals surface area contributed by atoms with Crippen molar-refractivity contribution >= 4 is 46.9 Å². The number of hydrogen-bond donors (Lipinski definition) is 0. The standard InChI is InChI=1S/C21H16ClN3OS3/c22-17-3-5-18(6-4-17)25-21(27)29-20(24-25)28-14-16-1-7-19(8-2-16)26-13-15-9-11-23-12-10-15/h1-12H,13-14H2. The predicted molar refractivity (Wildman–Crippen MR) is 122 cm³/mol. The van der Waals surface area contributed by atoms with E-state index < -0.39 is 0 Å². The molecule has 0 fully saturated rings. The lowest BCUT2D eigenvalue weighted by atomic mass is 10.2. The van der Waals surface area contributed by atoms with Gasteiger partial charge in [0, 0.05) is 23.2 Å². The van der Waals surface area contributed by atoms with Crippen LogP contribution in [-0.2, 0) is 12.4 Å². The second-order valence-corrected chi connectivity index (χ2v) is 9.38. The lowest BCUT2D eigenvalue weighted by Crippen LogP contribution is -1.96. The maximum absolute atomic E-state index is 5.96. The summed E-state index contributed by atoms with van der Waals surface area (Å²) in [6.07, 6.45) is 3.53. The van der Waals surface area contributed by atoms with Crippen LogP contribution >= 0.6 is 46.9 Å². The number of nitrogens with zero attached hydrogens (tertiary/aromatic N) is 3. The van der Waals surface area contributed by atoms with E-state index in [0.29, 0.717) is 11.6 Å². The lowest BCUT2D eigenvalue weighted by molar-refractivity contribution is 0.306. The molecule has 8 heteroatoms. The van der Waals surface area contributed by atoms with Crippen molar-refractivity contribution in [3.8, 4) is 11.4 Å². The van der Waals surface area contributed by atoms with Gasteiger partial charge in [-0.3, -0.25) is 4.98 Å². The van der Waals surface area contributed by atoms with E-state index in [1.54, 1.807) is 28.8 Å². The minimum absolute atomic E-state index is 0.530. The second kappa shape index (κ2) is 9.54. The molecule has 0 saturated heterocycles. The van der Waals surface area contributed by atoms with Crippen molar-refractivity contribution in [3.63, 3.8) is 0 Å². The fourth-order valence-corrected chi connectivity index (χ4v) is 4.98. The molecule has 2 aromatic heterocycles. The van der Waals surface area contributed by atoms with Crippen molar-refractivity contribution in [2.45, 2.75) is 16.7 Å². The smallest absolute Gasteiger partial charge is 0.184 e. The van der Waals surface area contributed by atoms with Gasteiger partial charge in [-0.2, -0.15) is 0 Å². The van der Waals surface area contributed by atoms with Crippen molar-refractivity contribution in [2.24, 2.45) is 0 Å². The van der Waals surface area contributed by atoms with Gasteiger partial charge >= 0.3 is 0 Å². The Kier molecular flexibility index (Phi) is 6.61. The highest BCUT2D eigenvalue weighted by Crippen LogP contribution is 2.28. The van der Waals surface area contributed by atoms with Crippen molar-refractivity contribution < 1.29 is 4.74 Å². The van der Waals surface area contributed by atoms with Crippen LogP contribution in [0.3, 0.4) is 0 Å². The fraction of sp³-hybridized carbons (Fsp3) is 0.0952. The van der Waals surface area contributed by atoms with Crippen LogP contribution in [0.25, 0.3) is 5.69 Å². The number of pyridine rings is 1. The van der Waals surface area contributed by atoms with E-state index in [2.05, 4.69) is 22.2 Å². The maximum atomic E-state index is 5.96. The maximum Gasteiger partial charge on any atom is 0.184 e. The number of thioether (sulfide) groups is 1. The van der Waals surface area contributed by atoms with Gasteiger partial charge in [0.25, 0.3) is 0 Å². The van der Waals surface area contributed by atoms with E-state index in [1.165, 1.54) is 16.9 Å². The number of ether oxygens (including phenoxy) is 1. The summed E-state index contributed by atoms with van der Waals surface area (Å²) < 4.78 is 9.24. The summed E-state index contributed by atoms with van der Waals surface area (Å²) in [6.45, 7) is 0.530. The molecule has 0 bridgehead atoms. The number of benzene rings is 2. The number of halogens is 1. The third-order valence-electron chi connectivity index (χ3n) is 4.04. The molecule has 0 spiro atoms. The predicted octanol–water partition coefficient (Wildman–Crippen LogP) is 6.58. The van der Waals surface area contributed by atoms with Crippen LogP contribution in [0.1, 0.15) is 11.1 Å². The van der Waals surface area contributed by atoms with Gasteiger partial charge in [0.1, 0.15) is 12.4 Å². The molecule has 2 aromatic carbocycles. The molecule has 4 rings (SSSR count). The quantitative estimate of drug-likeness (QED) is 0.231. The molecule has 0 amide bonds. The third-order valence-corrected chi connectivity index (χ3v) is 6.73. The summed E-state index contributed by atoms with van der Waals surface area (Å²) in [5.41, 5.74) is 3.21. The van der Waals surface area contributed by atoms with Gasteiger partial charge in [-0.1, -0.05) is 46.8 Å². The first kappa shape index (κ1) is 20.1. The molecular formula is C21H16ClN3OS3. The fourth-order valence-electron chi connectivity index (χ4n) is 2.54. The molecule has 146 valence electrons. The van der Waals surface area contributed by atoms with Gasteiger partial charge in [0.05, 0.1) is 5.69 Å². The highest BCUT2D eigenvalue weighted by atomic mass is 35.5. The minimum Gasteiger partial charge on any atom is -0.489 e. The van der Waals surface area contributed by atoms with Gasteiger partial charge < -0.3 is 4.74 Å². The van der Waals surface area contributed by atoms with E-state index in [-0.39, 0.29) is 0 Å². The first-order valence-electron chi connectivity index (χ1n) is 8.77. The summed E-state index contributed by atoms with van der Waals surface area (Å²) >= 11 is 14.6. The van der Waals surface area contributed by atoms with Crippen LogP contribution in [0.4, 0.5) is 0 Å². The molecule has 0 N–H and O–H groups in total. The average Bonchev–Trinajstić information content (AvgIpc) is 3.13.